The highest BCUT2D eigenvalue weighted by Crippen LogP contribution is 2.16. The van der Waals surface area contributed by atoms with E-state index < -0.39 is 0 Å². The molecule has 2 rings (SSSR count). The van der Waals surface area contributed by atoms with Crippen molar-refractivity contribution in [3.8, 4) is 0 Å². The van der Waals surface area contributed by atoms with Crippen LogP contribution in [0, 0.1) is 5.92 Å². The molecule has 2 aliphatic rings. The van der Waals surface area contributed by atoms with Crippen LogP contribution in [0.15, 0.2) is 0 Å². The summed E-state index contributed by atoms with van der Waals surface area (Å²) >= 11 is 0. The van der Waals surface area contributed by atoms with Crippen LogP contribution in [0.3, 0.4) is 0 Å². The fourth-order valence-corrected chi connectivity index (χ4v) is 3.17. The summed E-state index contributed by atoms with van der Waals surface area (Å²) in [5, 5.41) is 0. The van der Waals surface area contributed by atoms with Crippen molar-refractivity contribution in [3.63, 3.8) is 0 Å². The largest absolute Gasteiger partial charge is 0.376 e. The molecule has 0 aromatic carbocycles. The molecular formula is C17H32N2O3. The lowest BCUT2D eigenvalue weighted by molar-refractivity contribution is -0.138. The number of rotatable bonds is 7. The maximum Gasteiger partial charge on any atom is 0.248 e. The van der Waals surface area contributed by atoms with E-state index in [4.69, 9.17) is 9.47 Å². The molecule has 2 saturated heterocycles. The minimum atomic E-state index is 0.128. The Labute approximate surface area is 134 Å². The second-order valence-electron chi connectivity index (χ2n) is 6.62. The molecule has 0 aliphatic carbocycles. The number of likely N-dealkylation sites (tertiary alicyclic amines) is 2. The van der Waals surface area contributed by atoms with E-state index in [-0.39, 0.29) is 12.5 Å². The van der Waals surface area contributed by atoms with E-state index in [9.17, 15) is 4.79 Å². The van der Waals surface area contributed by atoms with Crippen LogP contribution < -0.4 is 0 Å². The van der Waals surface area contributed by atoms with Crippen LogP contribution in [0.1, 0.15) is 39.5 Å². The van der Waals surface area contributed by atoms with Crippen LogP contribution in [-0.4, -0.2) is 74.4 Å². The first-order chi connectivity index (χ1) is 10.7. The Morgan fingerprint density at radius 1 is 1.05 bits per heavy atom. The number of ether oxygens (including phenoxy) is 2. The van der Waals surface area contributed by atoms with Gasteiger partial charge in [-0.2, -0.15) is 0 Å². The Bertz CT molecular complexity index is 322. The quantitative estimate of drug-likeness (QED) is 0.672. The van der Waals surface area contributed by atoms with Crippen LogP contribution in [0.2, 0.25) is 0 Å². The molecular weight excluding hydrogens is 280 g/mol. The summed E-state index contributed by atoms with van der Waals surface area (Å²) in [6.07, 6.45) is 4.82. The normalized spacial score (nSPS) is 22.2. The van der Waals surface area contributed by atoms with Gasteiger partial charge in [-0.25, -0.2) is 0 Å². The van der Waals surface area contributed by atoms with Crippen LogP contribution in [-0.2, 0) is 14.3 Å². The van der Waals surface area contributed by atoms with Crippen molar-refractivity contribution in [1.29, 1.82) is 0 Å². The molecule has 0 bridgehead atoms. The maximum absolute atomic E-state index is 12.0. The highest BCUT2D eigenvalue weighted by atomic mass is 16.5. The van der Waals surface area contributed by atoms with Gasteiger partial charge in [0, 0.05) is 26.2 Å². The zero-order valence-electron chi connectivity index (χ0n) is 14.3. The number of piperidine rings is 2. The molecule has 0 aromatic heterocycles. The molecule has 0 aromatic rings. The topological polar surface area (TPSA) is 42.0 Å². The van der Waals surface area contributed by atoms with Crippen LogP contribution in [0.4, 0.5) is 0 Å². The van der Waals surface area contributed by atoms with Crippen molar-refractivity contribution in [2.75, 3.05) is 52.5 Å². The number of carbonyl (C=O) groups excluding carboxylic acids is 1. The molecule has 2 heterocycles. The van der Waals surface area contributed by atoms with E-state index in [2.05, 4.69) is 18.7 Å². The van der Waals surface area contributed by atoms with Crippen LogP contribution in [0.5, 0.6) is 0 Å². The predicted molar refractivity (Wildman–Crippen MR) is 86.9 cm³/mol. The summed E-state index contributed by atoms with van der Waals surface area (Å²) in [4.78, 5) is 16.4. The van der Waals surface area contributed by atoms with Gasteiger partial charge in [0.1, 0.15) is 6.61 Å². The molecule has 0 atom stereocenters. The Balaban J connectivity index is 1.48. The third-order valence-electron chi connectivity index (χ3n) is 4.92. The Morgan fingerprint density at radius 2 is 1.73 bits per heavy atom. The van der Waals surface area contributed by atoms with Gasteiger partial charge >= 0.3 is 0 Å². The average Bonchev–Trinajstić information content (AvgIpc) is 2.55. The fraction of sp³-hybridized carbons (Fsp3) is 0.941. The zero-order chi connectivity index (χ0) is 15.8. The maximum atomic E-state index is 12.0. The van der Waals surface area contributed by atoms with E-state index in [1.165, 1.54) is 0 Å². The third-order valence-corrected chi connectivity index (χ3v) is 4.92. The van der Waals surface area contributed by atoms with Crippen molar-refractivity contribution in [2.45, 2.75) is 45.6 Å². The summed E-state index contributed by atoms with van der Waals surface area (Å²) in [6, 6.07) is 0. The van der Waals surface area contributed by atoms with Crippen molar-refractivity contribution < 1.29 is 14.3 Å². The lowest BCUT2D eigenvalue weighted by Gasteiger charge is -2.31. The van der Waals surface area contributed by atoms with Gasteiger partial charge in [0.15, 0.2) is 0 Å². The molecule has 0 N–H and O–H groups in total. The smallest absolute Gasteiger partial charge is 0.248 e. The van der Waals surface area contributed by atoms with Gasteiger partial charge in [0.25, 0.3) is 0 Å². The highest BCUT2D eigenvalue weighted by Gasteiger charge is 2.20. The van der Waals surface area contributed by atoms with Gasteiger partial charge in [-0.1, -0.05) is 13.8 Å². The first-order valence-corrected chi connectivity index (χ1v) is 8.88. The minimum absolute atomic E-state index is 0.128. The number of amides is 1. The lowest BCUT2D eigenvalue weighted by atomic mass is 9.99. The van der Waals surface area contributed by atoms with E-state index in [1.54, 1.807) is 0 Å². The molecule has 5 nitrogen and oxygen atoms in total. The van der Waals surface area contributed by atoms with Crippen LogP contribution >= 0.6 is 0 Å². The minimum Gasteiger partial charge on any atom is -0.376 e. The van der Waals surface area contributed by atoms with Crippen molar-refractivity contribution in [2.24, 2.45) is 5.92 Å². The van der Waals surface area contributed by atoms with Crippen molar-refractivity contribution in [3.05, 3.63) is 0 Å². The Kier molecular flexibility index (Phi) is 7.63. The van der Waals surface area contributed by atoms with E-state index in [1.807, 2.05) is 4.90 Å². The first-order valence-electron chi connectivity index (χ1n) is 8.88. The number of carbonyl (C=O) groups is 1. The lowest BCUT2D eigenvalue weighted by Crippen LogP contribution is -2.40. The summed E-state index contributed by atoms with van der Waals surface area (Å²) in [5.74, 6) is 0.876. The summed E-state index contributed by atoms with van der Waals surface area (Å²) in [6.45, 7) is 10.9. The monoisotopic (exact) mass is 312 g/mol. The van der Waals surface area contributed by atoms with Gasteiger partial charge in [0.2, 0.25) is 5.91 Å². The van der Waals surface area contributed by atoms with Crippen LogP contribution in [0.25, 0.3) is 0 Å². The number of hydrogen-bond acceptors (Lipinski definition) is 4. The second-order valence-corrected chi connectivity index (χ2v) is 6.62. The van der Waals surface area contributed by atoms with Crippen molar-refractivity contribution >= 4 is 5.91 Å². The van der Waals surface area contributed by atoms with Gasteiger partial charge in [-0.3, -0.25) is 4.79 Å². The van der Waals surface area contributed by atoms with E-state index >= 15 is 0 Å². The third kappa shape index (κ3) is 5.86. The molecule has 128 valence electrons. The van der Waals surface area contributed by atoms with E-state index in [0.717, 1.165) is 64.3 Å². The standard InChI is InChI=1S/C17H32N2O3/c1-3-18-8-6-16(7-9-18)22-13-12-21-14-17(20)19-10-4-15(2)5-11-19/h15-16H,3-14H2,1-2H3. The molecule has 5 heteroatoms. The van der Waals surface area contributed by atoms with Crippen molar-refractivity contribution in [1.82, 2.24) is 9.80 Å². The summed E-state index contributed by atoms with van der Waals surface area (Å²) in [5.41, 5.74) is 0. The molecule has 22 heavy (non-hydrogen) atoms. The fourth-order valence-electron chi connectivity index (χ4n) is 3.17. The Hall–Kier alpha value is -0.650. The number of hydrogen-bond donors (Lipinski definition) is 0. The molecule has 2 fully saturated rings. The number of nitrogens with zero attached hydrogens (tertiary/aromatic N) is 2. The molecule has 0 spiro atoms. The average molecular weight is 312 g/mol. The Morgan fingerprint density at radius 3 is 2.36 bits per heavy atom. The SMILES string of the molecule is CCN1CCC(OCCOCC(=O)N2CCC(C)CC2)CC1. The van der Waals surface area contributed by atoms with Gasteiger partial charge in [0.05, 0.1) is 19.3 Å². The molecule has 2 aliphatic heterocycles. The summed E-state index contributed by atoms with van der Waals surface area (Å²) < 4.78 is 11.3. The molecule has 1 amide bonds. The first kappa shape index (κ1) is 17.7. The van der Waals surface area contributed by atoms with E-state index in [0.29, 0.717) is 19.3 Å². The van der Waals surface area contributed by atoms with Gasteiger partial charge in [-0.15, -0.1) is 0 Å². The second kappa shape index (κ2) is 9.48. The molecule has 0 saturated carbocycles. The van der Waals surface area contributed by atoms with Gasteiger partial charge < -0.3 is 19.3 Å². The molecule has 0 unspecified atom stereocenters. The highest BCUT2D eigenvalue weighted by molar-refractivity contribution is 5.77. The summed E-state index contributed by atoms with van der Waals surface area (Å²) in [7, 11) is 0. The van der Waals surface area contributed by atoms with Gasteiger partial charge in [-0.05, 0) is 38.1 Å². The molecule has 0 radical (unpaired) electrons. The predicted octanol–water partition coefficient (Wildman–Crippen LogP) is 1.76. The zero-order valence-corrected chi connectivity index (χ0v) is 14.3.